The quantitative estimate of drug-likeness (QED) is 0.809. The number of aromatic nitrogens is 2. The highest BCUT2D eigenvalue weighted by atomic mass is 35.5. The second-order valence-electron chi connectivity index (χ2n) is 8.24. The minimum atomic E-state index is -0.324. The third-order valence-electron chi connectivity index (χ3n) is 6.23. The van der Waals surface area contributed by atoms with E-state index in [1.807, 2.05) is 37.1 Å². The van der Waals surface area contributed by atoms with Gasteiger partial charge in [0.05, 0.1) is 0 Å². The van der Waals surface area contributed by atoms with E-state index in [1.54, 1.807) is 17.0 Å². The molecule has 4 rings (SSSR count). The van der Waals surface area contributed by atoms with Gasteiger partial charge >= 0.3 is 0 Å². The van der Waals surface area contributed by atoms with Gasteiger partial charge in [0.15, 0.2) is 5.82 Å². The van der Waals surface area contributed by atoms with Crippen LogP contribution in [-0.4, -0.2) is 57.3 Å². The van der Waals surface area contributed by atoms with Crippen LogP contribution in [0.15, 0.2) is 30.6 Å². The van der Waals surface area contributed by atoms with E-state index in [0.717, 1.165) is 24.2 Å². The zero-order chi connectivity index (χ0) is 20.7. The lowest BCUT2D eigenvalue weighted by Gasteiger charge is -2.29. The molecule has 3 heterocycles. The SMILES string of the molecule is Cc1ccc(C(CC(N)=O)N2CC3CN(C(=O)c4nccn4C)CC3C2)cc1Cl. The van der Waals surface area contributed by atoms with Gasteiger partial charge in [-0.15, -0.1) is 0 Å². The molecule has 2 fully saturated rings. The van der Waals surface area contributed by atoms with Gasteiger partial charge in [0.25, 0.3) is 5.91 Å². The van der Waals surface area contributed by atoms with Gasteiger partial charge in [0.2, 0.25) is 5.91 Å². The van der Waals surface area contributed by atoms with E-state index in [-0.39, 0.29) is 24.3 Å². The number of likely N-dealkylation sites (tertiary alicyclic amines) is 2. The van der Waals surface area contributed by atoms with Crippen LogP contribution < -0.4 is 5.73 Å². The predicted molar refractivity (Wildman–Crippen MR) is 110 cm³/mol. The maximum atomic E-state index is 12.8. The smallest absolute Gasteiger partial charge is 0.289 e. The topological polar surface area (TPSA) is 84.5 Å². The molecular weight excluding hydrogens is 390 g/mol. The van der Waals surface area contributed by atoms with E-state index < -0.39 is 0 Å². The van der Waals surface area contributed by atoms with Crippen LogP contribution in [0.1, 0.15) is 34.2 Å². The number of nitrogens with zero attached hydrogens (tertiary/aromatic N) is 4. The fraction of sp³-hybridized carbons (Fsp3) is 0.476. The molecule has 2 saturated heterocycles. The van der Waals surface area contributed by atoms with Crippen molar-refractivity contribution < 1.29 is 9.59 Å². The number of fused-ring (bicyclic) bond motifs is 1. The van der Waals surface area contributed by atoms with Gasteiger partial charge in [-0.1, -0.05) is 23.7 Å². The first-order valence-corrected chi connectivity index (χ1v) is 10.3. The number of benzene rings is 1. The van der Waals surface area contributed by atoms with Crippen molar-refractivity contribution in [3.63, 3.8) is 0 Å². The summed E-state index contributed by atoms with van der Waals surface area (Å²) < 4.78 is 1.76. The molecule has 0 saturated carbocycles. The van der Waals surface area contributed by atoms with Crippen LogP contribution in [0.2, 0.25) is 5.02 Å². The highest BCUT2D eigenvalue weighted by Crippen LogP contribution is 2.38. The van der Waals surface area contributed by atoms with Crippen molar-refractivity contribution in [2.75, 3.05) is 26.2 Å². The van der Waals surface area contributed by atoms with Crippen LogP contribution in [0.4, 0.5) is 0 Å². The second-order valence-corrected chi connectivity index (χ2v) is 8.65. The Hall–Kier alpha value is -2.38. The molecule has 7 nitrogen and oxygen atoms in total. The van der Waals surface area contributed by atoms with Crippen LogP contribution in [0.5, 0.6) is 0 Å². The number of halogens is 1. The molecule has 2 aromatic rings. The van der Waals surface area contributed by atoms with Crippen LogP contribution in [0, 0.1) is 18.8 Å². The van der Waals surface area contributed by atoms with Gasteiger partial charge in [-0.25, -0.2) is 4.98 Å². The van der Waals surface area contributed by atoms with Gasteiger partial charge in [-0.3, -0.25) is 14.5 Å². The Bertz CT molecular complexity index is 929. The van der Waals surface area contributed by atoms with E-state index in [4.69, 9.17) is 17.3 Å². The molecule has 3 atom stereocenters. The van der Waals surface area contributed by atoms with Crippen molar-refractivity contribution >= 4 is 23.4 Å². The van der Waals surface area contributed by atoms with E-state index in [2.05, 4.69) is 9.88 Å². The standard InChI is InChI=1S/C21H26ClN5O2/c1-13-3-4-14(7-17(13)22)18(8-19(23)28)26-9-15-11-27(12-16(15)10-26)21(29)20-24-5-6-25(20)2/h3-7,15-16,18H,8-12H2,1-2H3,(H2,23,28). The van der Waals surface area contributed by atoms with Crippen molar-refractivity contribution in [2.24, 2.45) is 24.6 Å². The molecule has 154 valence electrons. The van der Waals surface area contributed by atoms with Crippen molar-refractivity contribution in [2.45, 2.75) is 19.4 Å². The lowest BCUT2D eigenvalue weighted by molar-refractivity contribution is -0.119. The Kier molecular flexibility index (Phi) is 5.36. The van der Waals surface area contributed by atoms with E-state index >= 15 is 0 Å². The summed E-state index contributed by atoms with van der Waals surface area (Å²) in [5, 5.41) is 0.697. The number of amides is 2. The minimum absolute atomic E-state index is 0.0162. The summed E-state index contributed by atoms with van der Waals surface area (Å²) in [6, 6.07) is 5.86. The lowest BCUT2D eigenvalue weighted by atomic mass is 10.0. The second kappa shape index (κ2) is 7.80. The zero-order valence-electron chi connectivity index (χ0n) is 16.7. The molecule has 2 aliphatic heterocycles. The molecule has 2 amide bonds. The van der Waals surface area contributed by atoms with Crippen molar-refractivity contribution in [3.05, 3.63) is 52.6 Å². The summed E-state index contributed by atoms with van der Waals surface area (Å²) in [5.41, 5.74) is 7.57. The van der Waals surface area contributed by atoms with Crippen molar-refractivity contribution in [1.82, 2.24) is 19.4 Å². The molecule has 0 bridgehead atoms. The summed E-state index contributed by atoms with van der Waals surface area (Å²) in [6.07, 6.45) is 3.69. The monoisotopic (exact) mass is 415 g/mol. The number of carbonyl (C=O) groups is 2. The number of aryl methyl sites for hydroxylation is 2. The molecule has 1 aromatic heterocycles. The Morgan fingerprint density at radius 2 is 1.93 bits per heavy atom. The van der Waals surface area contributed by atoms with Gasteiger partial charge in [0.1, 0.15) is 0 Å². The normalized spacial score (nSPS) is 22.7. The molecule has 3 unspecified atom stereocenters. The average molecular weight is 416 g/mol. The van der Waals surface area contributed by atoms with Gasteiger partial charge in [0, 0.05) is 63.1 Å². The number of nitrogens with two attached hydrogens (primary N) is 1. The molecule has 0 radical (unpaired) electrons. The molecule has 8 heteroatoms. The highest BCUT2D eigenvalue weighted by Gasteiger charge is 2.44. The van der Waals surface area contributed by atoms with Crippen LogP contribution in [0.25, 0.3) is 0 Å². The summed E-state index contributed by atoms with van der Waals surface area (Å²) in [5.74, 6) is 0.904. The van der Waals surface area contributed by atoms with Crippen LogP contribution in [0.3, 0.4) is 0 Å². The first kappa shape index (κ1) is 19.9. The van der Waals surface area contributed by atoms with Crippen LogP contribution >= 0.6 is 11.6 Å². The first-order valence-electron chi connectivity index (χ1n) is 9.88. The number of carbonyl (C=O) groups excluding carboxylic acids is 2. The maximum absolute atomic E-state index is 12.8. The van der Waals surface area contributed by atoms with E-state index in [0.29, 0.717) is 35.8 Å². The fourth-order valence-corrected chi connectivity index (χ4v) is 4.82. The first-order chi connectivity index (χ1) is 13.8. The lowest BCUT2D eigenvalue weighted by Crippen LogP contribution is -2.36. The largest absolute Gasteiger partial charge is 0.370 e. The third-order valence-corrected chi connectivity index (χ3v) is 6.64. The summed E-state index contributed by atoms with van der Waals surface area (Å²) in [6.45, 7) is 5.05. The van der Waals surface area contributed by atoms with E-state index in [1.165, 1.54) is 0 Å². The Balaban J connectivity index is 1.47. The molecule has 0 aliphatic carbocycles. The minimum Gasteiger partial charge on any atom is -0.370 e. The zero-order valence-corrected chi connectivity index (χ0v) is 17.5. The number of hydrogen-bond acceptors (Lipinski definition) is 4. The molecule has 29 heavy (non-hydrogen) atoms. The Labute approximate surface area is 175 Å². The molecule has 1 aromatic carbocycles. The van der Waals surface area contributed by atoms with Crippen molar-refractivity contribution in [1.29, 1.82) is 0 Å². The summed E-state index contributed by atoms with van der Waals surface area (Å²) >= 11 is 6.33. The number of rotatable bonds is 5. The molecule has 2 N–H and O–H groups in total. The average Bonchev–Trinajstić information content (AvgIpc) is 3.35. The molecule has 0 spiro atoms. The molecular formula is C21H26ClN5O2. The molecule has 2 aliphatic rings. The number of hydrogen-bond donors (Lipinski definition) is 1. The third kappa shape index (κ3) is 3.89. The van der Waals surface area contributed by atoms with Crippen LogP contribution in [-0.2, 0) is 11.8 Å². The Morgan fingerprint density at radius 3 is 2.48 bits per heavy atom. The van der Waals surface area contributed by atoms with Gasteiger partial charge in [-0.2, -0.15) is 0 Å². The van der Waals surface area contributed by atoms with Gasteiger partial charge < -0.3 is 15.2 Å². The number of primary amides is 1. The summed E-state index contributed by atoms with van der Waals surface area (Å²) in [7, 11) is 1.83. The fourth-order valence-electron chi connectivity index (χ4n) is 4.63. The highest BCUT2D eigenvalue weighted by molar-refractivity contribution is 6.31. The number of imidazole rings is 1. The van der Waals surface area contributed by atoms with Crippen molar-refractivity contribution in [3.8, 4) is 0 Å². The van der Waals surface area contributed by atoms with E-state index in [9.17, 15) is 9.59 Å². The maximum Gasteiger partial charge on any atom is 0.289 e. The summed E-state index contributed by atoms with van der Waals surface area (Å²) in [4.78, 5) is 32.9. The van der Waals surface area contributed by atoms with Gasteiger partial charge in [-0.05, 0) is 36.0 Å². The Morgan fingerprint density at radius 1 is 1.24 bits per heavy atom. The predicted octanol–water partition coefficient (Wildman–Crippen LogP) is 2.00.